The summed E-state index contributed by atoms with van der Waals surface area (Å²) < 4.78 is 2.16. The van der Waals surface area contributed by atoms with E-state index in [1.807, 2.05) is 18.2 Å². The molecular formula is C19H25N3O. The highest BCUT2D eigenvalue weighted by molar-refractivity contribution is 5.92. The maximum Gasteiger partial charge on any atom is 0.238 e. The van der Waals surface area contributed by atoms with Gasteiger partial charge in [-0.3, -0.25) is 9.69 Å². The summed E-state index contributed by atoms with van der Waals surface area (Å²) in [6.45, 7) is 5.57. The lowest BCUT2D eigenvalue weighted by molar-refractivity contribution is -0.117. The minimum atomic E-state index is 0.0642. The molecule has 1 aromatic carbocycles. The van der Waals surface area contributed by atoms with Crippen LogP contribution < -0.4 is 5.32 Å². The predicted octanol–water partition coefficient (Wildman–Crippen LogP) is 3.42. The number of aromatic nitrogens is 1. The highest BCUT2D eigenvalue weighted by Crippen LogP contribution is 2.31. The van der Waals surface area contributed by atoms with Crippen molar-refractivity contribution in [3.63, 3.8) is 0 Å². The van der Waals surface area contributed by atoms with Gasteiger partial charge in [0.2, 0.25) is 5.91 Å². The SMILES string of the molecule is Cc1ccc(NC(=O)CN2CCC[C@@H]2c2cccn2C)cc1C. The van der Waals surface area contributed by atoms with Crippen LogP contribution in [0.3, 0.4) is 0 Å². The fraction of sp³-hybridized carbons (Fsp3) is 0.421. The van der Waals surface area contributed by atoms with Crippen LogP contribution >= 0.6 is 0 Å². The summed E-state index contributed by atoms with van der Waals surface area (Å²) >= 11 is 0. The third kappa shape index (κ3) is 3.48. The molecule has 1 atom stereocenters. The number of carbonyl (C=O) groups is 1. The molecule has 1 N–H and O–H groups in total. The van der Waals surface area contributed by atoms with Gasteiger partial charge in [0, 0.05) is 24.6 Å². The first-order valence-corrected chi connectivity index (χ1v) is 8.27. The van der Waals surface area contributed by atoms with Crippen molar-refractivity contribution in [2.45, 2.75) is 32.7 Å². The first-order chi connectivity index (χ1) is 11.0. The predicted molar refractivity (Wildman–Crippen MR) is 93.5 cm³/mol. The fourth-order valence-corrected chi connectivity index (χ4v) is 3.37. The number of rotatable bonds is 4. The number of anilines is 1. The number of likely N-dealkylation sites (tertiary alicyclic amines) is 1. The maximum atomic E-state index is 12.4. The molecule has 122 valence electrons. The molecule has 1 fully saturated rings. The molecule has 1 saturated heterocycles. The lowest BCUT2D eigenvalue weighted by Crippen LogP contribution is -2.33. The quantitative estimate of drug-likeness (QED) is 0.939. The van der Waals surface area contributed by atoms with Gasteiger partial charge in [0.25, 0.3) is 0 Å². The van der Waals surface area contributed by atoms with Crippen molar-refractivity contribution >= 4 is 11.6 Å². The molecule has 23 heavy (non-hydrogen) atoms. The van der Waals surface area contributed by atoms with Gasteiger partial charge < -0.3 is 9.88 Å². The smallest absolute Gasteiger partial charge is 0.238 e. The van der Waals surface area contributed by atoms with E-state index in [1.54, 1.807) is 0 Å². The molecule has 2 aromatic rings. The van der Waals surface area contributed by atoms with Gasteiger partial charge in [-0.15, -0.1) is 0 Å². The summed E-state index contributed by atoms with van der Waals surface area (Å²) in [5, 5.41) is 3.03. The average Bonchev–Trinajstić information content (AvgIpc) is 3.11. The summed E-state index contributed by atoms with van der Waals surface area (Å²) in [4.78, 5) is 14.7. The third-order valence-electron chi connectivity index (χ3n) is 4.83. The summed E-state index contributed by atoms with van der Waals surface area (Å²) in [6, 6.07) is 10.6. The summed E-state index contributed by atoms with van der Waals surface area (Å²) in [7, 11) is 2.07. The number of amides is 1. The number of nitrogens with one attached hydrogen (secondary N) is 1. The van der Waals surface area contributed by atoms with E-state index in [0.29, 0.717) is 12.6 Å². The van der Waals surface area contributed by atoms with Crippen LogP contribution in [-0.4, -0.2) is 28.5 Å². The first kappa shape index (κ1) is 15.8. The number of aryl methyl sites for hydroxylation is 3. The maximum absolute atomic E-state index is 12.4. The Balaban J connectivity index is 1.65. The number of carbonyl (C=O) groups excluding carboxylic acids is 1. The van der Waals surface area contributed by atoms with Crippen LogP contribution in [-0.2, 0) is 11.8 Å². The van der Waals surface area contributed by atoms with Crippen LogP contribution in [0.25, 0.3) is 0 Å². The number of hydrogen-bond donors (Lipinski definition) is 1. The average molecular weight is 311 g/mol. The summed E-state index contributed by atoms with van der Waals surface area (Å²) in [6.07, 6.45) is 4.34. The van der Waals surface area contributed by atoms with Crippen LogP contribution in [0.1, 0.15) is 35.7 Å². The molecule has 4 heteroatoms. The molecule has 0 bridgehead atoms. The summed E-state index contributed by atoms with van der Waals surface area (Å²) in [5.41, 5.74) is 4.62. The Hall–Kier alpha value is -2.07. The lowest BCUT2D eigenvalue weighted by atomic mass is 10.1. The zero-order valence-electron chi connectivity index (χ0n) is 14.2. The fourth-order valence-electron chi connectivity index (χ4n) is 3.37. The van der Waals surface area contributed by atoms with E-state index in [-0.39, 0.29) is 5.91 Å². The molecular weight excluding hydrogens is 286 g/mol. The van der Waals surface area contributed by atoms with Crippen molar-refractivity contribution in [3.8, 4) is 0 Å². The van der Waals surface area contributed by atoms with Gasteiger partial charge in [0.1, 0.15) is 0 Å². The van der Waals surface area contributed by atoms with E-state index in [9.17, 15) is 4.79 Å². The van der Waals surface area contributed by atoms with E-state index in [2.05, 4.69) is 54.0 Å². The Morgan fingerprint density at radius 2 is 2.09 bits per heavy atom. The Bertz CT molecular complexity index is 704. The Morgan fingerprint density at radius 1 is 1.26 bits per heavy atom. The Kier molecular flexibility index (Phi) is 4.53. The zero-order valence-corrected chi connectivity index (χ0v) is 14.2. The van der Waals surface area contributed by atoms with Gasteiger partial charge in [-0.2, -0.15) is 0 Å². The van der Waals surface area contributed by atoms with Gasteiger partial charge in [-0.05, 0) is 68.6 Å². The molecule has 1 aliphatic rings. The molecule has 1 aromatic heterocycles. The van der Waals surface area contributed by atoms with Gasteiger partial charge in [-0.25, -0.2) is 0 Å². The Morgan fingerprint density at radius 3 is 2.78 bits per heavy atom. The second kappa shape index (κ2) is 6.59. The number of hydrogen-bond acceptors (Lipinski definition) is 2. The molecule has 0 radical (unpaired) electrons. The van der Waals surface area contributed by atoms with Gasteiger partial charge in [0.05, 0.1) is 12.6 Å². The molecule has 0 aliphatic carbocycles. The molecule has 0 saturated carbocycles. The topological polar surface area (TPSA) is 37.3 Å². The van der Waals surface area contributed by atoms with Gasteiger partial charge in [-0.1, -0.05) is 6.07 Å². The minimum absolute atomic E-state index is 0.0642. The van der Waals surface area contributed by atoms with Gasteiger partial charge >= 0.3 is 0 Å². The Labute approximate surface area is 138 Å². The van der Waals surface area contributed by atoms with E-state index >= 15 is 0 Å². The van der Waals surface area contributed by atoms with Crippen molar-refractivity contribution in [3.05, 3.63) is 53.3 Å². The highest BCUT2D eigenvalue weighted by Gasteiger charge is 2.28. The second-order valence-electron chi connectivity index (χ2n) is 6.52. The zero-order chi connectivity index (χ0) is 16.4. The minimum Gasteiger partial charge on any atom is -0.353 e. The largest absolute Gasteiger partial charge is 0.353 e. The molecule has 1 amide bonds. The van der Waals surface area contributed by atoms with Crippen molar-refractivity contribution < 1.29 is 4.79 Å². The molecule has 4 nitrogen and oxygen atoms in total. The van der Waals surface area contributed by atoms with Crippen LogP contribution in [0.15, 0.2) is 36.5 Å². The monoisotopic (exact) mass is 311 g/mol. The second-order valence-corrected chi connectivity index (χ2v) is 6.52. The van der Waals surface area contributed by atoms with Crippen molar-refractivity contribution in [2.75, 3.05) is 18.4 Å². The highest BCUT2D eigenvalue weighted by atomic mass is 16.2. The van der Waals surface area contributed by atoms with Crippen LogP contribution in [0, 0.1) is 13.8 Å². The number of benzene rings is 1. The molecule has 2 heterocycles. The van der Waals surface area contributed by atoms with E-state index < -0.39 is 0 Å². The first-order valence-electron chi connectivity index (χ1n) is 8.27. The molecule has 1 aliphatic heterocycles. The standard InChI is InChI=1S/C19H25N3O/c1-14-8-9-16(12-15(14)2)20-19(23)13-22-11-5-7-18(22)17-6-4-10-21(17)3/h4,6,8-10,12,18H,5,7,11,13H2,1-3H3,(H,20,23)/t18-/m1/s1. The molecule has 0 unspecified atom stereocenters. The van der Waals surface area contributed by atoms with Crippen LogP contribution in [0.4, 0.5) is 5.69 Å². The molecule has 0 spiro atoms. The van der Waals surface area contributed by atoms with E-state index in [0.717, 1.165) is 25.1 Å². The number of nitrogens with zero attached hydrogens (tertiary/aromatic N) is 2. The van der Waals surface area contributed by atoms with Gasteiger partial charge in [0.15, 0.2) is 0 Å². The van der Waals surface area contributed by atoms with E-state index in [1.165, 1.54) is 16.8 Å². The third-order valence-corrected chi connectivity index (χ3v) is 4.83. The van der Waals surface area contributed by atoms with Crippen molar-refractivity contribution in [2.24, 2.45) is 7.05 Å². The van der Waals surface area contributed by atoms with Crippen LogP contribution in [0.5, 0.6) is 0 Å². The van der Waals surface area contributed by atoms with E-state index in [4.69, 9.17) is 0 Å². The van der Waals surface area contributed by atoms with Crippen LogP contribution in [0.2, 0.25) is 0 Å². The van der Waals surface area contributed by atoms with Crippen molar-refractivity contribution in [1.29, 1.82) is 0 Å². The lowest BCUT2D eigenvalue weighted by Gasteiger charge is -2.24. The summed E-state index contributed by atoms with van der Waals surface area (Å²) in [5.74, 6) is 0.0642. The normalized spacial score (nSPS) is 18.3. The molecule has 3 rings (SSSR count). The van der Waals surface area contributed by atoms with Crippen molar-refractivity contribution in [1.82, 2.24) is 9.47 Å².